The molecule has 1 fully saturated rings. The molecule has 5 heterocycles. The van der Waals surface area contributed by atoms with E-state index in [0.717, 1.165) is 35.6 Å². The van der Waals surface area contributed by atoms with E-state index in [1.54, 1.807) is 29.3 Å². The molecule has 0 spiro atoms. The number of aryl methyl sites for hydroxylation is 1. The third-order valence-electron chi connectivity index (χ3n) is 4.74. The summed E-state index contributed by atoms with van der Waals surface area (Å²) in [5, 5.41) is 4.61. The molecule has 9 heteroatoms. The van der Waals surface area contributed by atoms with E-state index in [-0.39, 0.29) is 0 Å². The van der Waals surface area contributed by atoms with Crippen molar-refractivity contribution in [3.8, 4) is 22.6 Å². The van der Waals surface area contributed by atoms with E-state index in [9.17, 15) is 0 Å². The number of hydrogen-bond donors (Lipinski definition) is 0. The highest BCUT2D eigenvalue weighted by atomic mass is 16.5. The van der Waals surface area contributed by atoms with Gasteiger partial charge in [0.1, 0.15) is 0 Å². The highest BCUT2D eigenvalue weighted by Gasteiger charge is 2.17. The van der Waals surface area contributed by atoms with Crippen molar-refractivity contribution >= 4 is 11.7 Å². The molecule has 28 heavy (non-hydrogen) atoms. The Morgan fingerprint density at radius 2 is 1.89 bits per heavy atom. The third-order valence-corrected chi connectivity index (χ3v) is 4.74. The summed E-state index contributed by atoms with van der Waals surface area (Å²) in [7, 11) is 0. The number of pyridine rings is 1. The molecule has 0 aliphatic carbocycles. The molecule has 1 aliphatic heterocycles. The molecule has 0 unspecified atom stereocenters. The molecular weight excluding hydrogens is 356 g/mol. The van der Waals surface area contributed by atoms with Crippen molar-refractivity contribution in [2.75, 3.05) is 31.2 Å². The maximum absolute atomic E-state index is 5.41. The summed E-state index contributed by atoms with van der Waals surface area (Å²) in [6, 6.07) is 5.68. The van der Waals surface area contributed by atoms with Gasteiger partial charge in [0.25, 0.3) is 5.78 Å². The van der Waals surface area contributed by atoms with Crippen molar-refractivity contribution in [3.05, 3.63) is 48.7 Å². The van der Waals surface area contributed by atoms with Crippen LogP contribution >= 0.6 is 0 Å². The van der Waals surface area contributed by atoms with Gasteiger partial charge in [-0.1, -0.05) is 0 Å². The van der Waals surface area contributed by atoms with Crippen LogP contribution in [0.25, 0.3) is 28.4 Å². The topological polar surface area (TPSA) is 94.2 Å². The second-order valence-corrected chi connectivity index (χ2v) is 6.49. The number of rotatable bonds is 3. The monoisotopic (exact) mass is 374 g/mol. The summed E-state index contributed by atoms with van der Waals surface area (Å²) < 4.78 is 7.16. The maximum atomic E-state index is 5.41. The van der Waals surface area contributed by atoms with Gasteiger partial charge in [0.2, 0.25) is 5.95 Å². The van der Waals surface area contributed by atoms with Crippen molar-refractivity contribution in [1.29, 1.82) is 0 Å². The quantitative estimate of drug-likeness (QED) is 0.536. The lowest BCUT2D eigenvalue weighted by atomic mass is 10.2. The lowest BCUT2D eigenvalue weighted by Gasteiger charge is -2.26. The van der Waals surface area contributed by atoms with Crippen LogP contribution in [0, 0.1) is 6.92 Å². The minimum absolute atomic E-state index is 0.544. The van der Waals surface area contributed by atoms with Crippen LogP contribution in [0.15, 0.2) is 43.0 Å². The highest BCUT2D eigenvalue weighted by molar-refractivity contribution is 5.64. The van der Waals surface area contributed by atoms with Gasteiger partial charge in [-0.05, 0) is 25.1 Å². The number of morpholine rings is 1. The van der Waals surface area contributed by atoms with Crippen LogP contribution in [0.4, 0.5) is 5.95 Å². The Labute approximate surface area is 161 Å². The Morgan fingerprint density at radius 3 is 2.71 bits per heavy atom. The van der Waals surface area contributed by atoms with Crippen LogP contribution < -0.4 is 4.90 Å². The van der Waals surface area contributed by atoms with E-state index in [2.05, 4.69) is 29.9 Å². The fourth-order valence-electron chi connectivity index (χ4n) is 3.23. The molecule has 0 saturated carbocycles. The SMILES string of the molecule is Cc1c(-c2ccnc(N3CCOCC3)n2)cnc2nc(-c3cccnc3)nn12. The van der Waals surface area contributed by atoms with Gasteiger partial charge in [0.05, 0.1) is 24.6 Å². The number of ether oxygens (including phenoxy) is 1. The first-order chi connectivity index (χ1) is 13.8. The zero-order valence-electron chi connectivity index (χ0n) is 15.4. The zero-order valence-corrected chi connectivity index (χ0v) is 15.4. The first-order valence-electron chi connectivity index (χ1n) is 9.08. The molecule has 0 radical (unpaired) electrons. The molecule has 1 saturated heterocycles. The largest absolute Gasteiger partial charge is 0.378 e. The molecule has 0 aromatic carbocycles. The van der Waals surface area contributed by atoms with Gasteiger partial charge in [-0.15, -0.1) is 5.10 Å². The minimum atomic E-state index is 0.544. The predicted molar refractivity (Wildman–Crippen MR) is 103 cm³/mol. The Balaban J connectivity index is 1.55. The molecule has 0 N–H and O–H groups in total. The van der Waals surface area contributed by atoms with E-state index in [1.165, 1.54) is 0 Å². The van der Waals surface area contributed by atoms with E-state index in [1.807, 2.05) is 25.1 Å². The summed E-state index contributed by atoms with van der Waals surface area (Å²) in [6.07, 6.45) is 7.03. The van der Waals surface area contributed by atoms with Crippen molar-refractivity contribution in [1.82, 2.24) is 34.5 Å². The van der Waals surface area contributed by atoms with Crippen LogP contribution in [0.5, 0.6) is 0 Å². The fourth-order valence-corrected chi connectivity index (χ4v) is 3.23. The summed E-state index contributed by atoms with van der Waals surface area (Å²) in [5.41, 5.74) is 3.47. The van der Waals surface area contributed by atoms with Gasteiger partial charge in [-0.3, -0.25) is 4.98 Å². The van der Waals surface area contributed by atoms with E-state index >= 15 is 0 Å². The van der Waals surface area contributed by atoms with Crippen LogP contribution in [0.1, 0.15) is 5.69 Å². The van der Waals surface area contributed by atoms with Crippen LogP contribution in [0.2, 0.25) is 0 Å². The molecule has 4 aromatic rings. The number of fused-ring (bicyclic) bond motifs is 1. The Bertz CT molecular complexity index is 1120. The van der Waals surface area contributed by atoms with Gasteiger partial charge in [-0.25, -0.2) is 19.5 Å². The second kappa shape index (κ2) is 6.93. The number of hydrogen-bond acceptors (Lipinski definition) is 8. The first kappa shape index (κ1) is 16.7. The van der Waals surface area contributed by atoms with Gasteiger partial charge < -0.3 is 9.64 Å². The molecule has 5 rings (SSSR count). The van der Waals surface area contributed by atoms with Gasteiger partial charge in [-0.2, -0.15) is 4.98 Å². The molecule has 9 nitrogen and oxygen atoms in total. The normalized spacial score (nSPS) is 14.5. The molecule has 1 aliphatic rings. The van der Waals surface area contributed by atoms with Crippen LogP contribution in [0.3, 0.4) is 0 Å². The summed E-state index contributed by atoms with van der Waals surface area (Å²) in [4.78, 5) is 24.4. The molecule has 140 valence electrons. The average molecular weight is 374 g/mol. The van der Waals surface area contributed by atoms with Crippen molar-refractivity contribution < 1.29 is 4.74 Å². The van der Waals surface area contributed by atoms with Crippen molar-refractivity contribution in [2.24, 2.45) is 0 Å². The average Bonchev–Trinajstić information content (AvgIpc) is 3.21. The van der Waals surface area contributed by atoms with Crippen molar-refractivity contribution in [3.63, 3.8) is 0 Å². The lowest BCUT2D eigenvalue weighted by molar-refractivity contribution is 0.122. The van der Waals surface area contributed by atoms with Gasteiger partial charge in [0.15, 0.2) is 5.82 Å². The van der Waals surface area contributed by atoms with E-state index < -0.39 is 0 Å². The fraction of sp³-hybridized carbons (Fsp3) is 0.263. The summed E-state index contributed by atoms with van der Waals surface area (Å²) in [6.45, 7) is 4.95. The number of anilines is 1. The summed E-state index contributed by atoms with van der Waals surface area (Å²) in [5.74, 6) is 1.84. The van der Waals surface area contributed by atoms with Gasteiger partial charge in [0, 0.05) is 49.0 Å². The standard InChI is InChI=1S/C19H18N8O/c1-13-15(16-4-6-21-18(23-16)26-7-9-28-10-8-26)12-22-19-24-17(25-27(13)19)14-3-2-5-20-11-14/h2-6,11-12H,7-10H2,1H3. The van der Waals surface area contributed by atoms with Crippen molar-refractivity contribution in [2.45, 2.75) is 6.92 Å². The molecule has 0 atom stereocenters. The van der Waals surface area contributed by atoms with Crippen LogP contribution in [-0.4, -0.2) is 60.8 Å². The second-order valence-electron chi connectivity index (χ2n) is 6.49. The molecule has 0 bridgehead atoms. The van der Waals surface area contributed by atoms with Crippen LogP contribution in [-0.2, 0) is 4.74 Å². The number of aromatic nitrogens is 7. The maximum Gasteiger partial charge on any atom is 0.252 e. The Kier molecular flexibility index (Phi) is 4.13. The first-order valence-corrected chi connectivity index (χ1v) is 9.08. The Hall–Kier alpha value is -3.46. The smallest absolute Gasteiger partial charge is 0.252 e. The predicted octanol–water partition coefficient (Wildman–Crippen LogP) is 1.79. The lowest BCUT2D eigenvalue weighted by Crippen LogP contribution is -2.37. The Morgan fingerprint density at radius 1 is 1.00 bits per heavy atom. The minimum Gasteiger partial charge on any atom is -0.378 e. The zero-order chi connectivity index (χ0) is 18.9. The molecule has 0 amide bonds. The molecule has 4 aromatic heterocycles. The highest BCUT2D eigenvalue weighted by Crippen LogP contribution is 2.24. The van der Waals surface area contributed by atoms with Gasteiger partial charge >= 0.3 is 0 Å². The van der Waals surface area contributed by atoms with E-state index in [0.29, 0.717) is 30.8 Å². The number of nitrogens with zero attached hydrogens (tertiary/aromatic N) is 8. The summed E-state index contributed by atoms with van der Waals surface area (Å²) >= 11 is 0. The molecular formula is C19H18N8O. The van der Waals surface area contributed by atoms with E-state index in [4.69, 9.17) is 9.72 Å². The third kappa shape index (κ3) is 2.95.